The fourth-order valence-corrected chi connectivity index (χ4v) is 1.67. The molecule has 16 heavy (non-hydrogen) atoms. The van der Waals surface area contributed by atoms with Crippen molar-refractivity contribution < 1.29 is 23.1 Å². The molecule has 0 heterocycles. The van der Waals surface area contributed by atoms with E-state index in [9.17, 15) is 18.0 Å². The molecule has 0 radical (unpaired) electrons. The van der Waals surface area contributed by atoms with Gasteiger partial charge in [-0.05, 0) is 12.8 Å². The average molecular weight is 251 g/mol. The number of carboxylic acids is 1. The monoisotopic (exact) mass is 251 g/mol. The number of sulfone groups is 1. The van der Waals surface area contributed by atoms with E-state index in [-0.39, 0.29) is 6.42 Å². The molecule has 2 N–H and O–H groups in total. The molecule has 0 rings (SSSR count). The number of carbonyl (C=O) groups is 2. The molecule has 7 heteroatoms. The highest BCUT2D eigenvalue weighted by Gasteiger charge is 2.09. The Bertz CT molecular complexity index is 336. The Morgan fingerprint density at radius 1 is 1.19 bits per heavy atom. The largest absolute Gasteiger partial charge is 0.481 e. The number of amides is 1. The van der Waals surface area contributed by atoms with Crippen molar-refractivity contribution in [3.05, 3.63) is 0 Å². The van der Waals surface area contributed by atoms with Crippen molar-refractivity contribution in [1.82, 2.24) is 5.32 Å². The van der Waals surface area contributed by atoms with E-state index < -0.39 is 27.5 Å². The lowest BCUT2D eigenvalue weighted by Crippen LogP contribution is -2.30. The second-order valence-corrected chi connectivity index (χ2v) is 5.76. The van der Waals surface area contributed by atoms with Gasteiger partial charge in [0.1, 0.15) is 5.75 Å². The number of aliphatic carboxylic acids is 1. The van der Waals surface area contributed by atoms with Crippen molar-refractivity contribution in [3.8, 4) is 0 Å². The van der Waals surface area contributed by atoms with Crippen molar-refractivity contribution in [2.45, 2.75) is 25.7 Å². The number of carbonyl (C=O) groups excluding carboxylic acids is 1. The Morgan fingerprint density at radius 2 is 1.81 bits per heavy atom. The highest BCUT2D eigenvalue weighted by molar-refractivity contribution is 7.91. The molecule has 0 aromatic carbocycles. The van der Waals surface area contributed by atoms with Crippen LogP contribution in [0.15, 0.2) is 0 Å². The normalized spacial score (nSPS) is 11.1. The predicted molar refractivity (Wildman–Crippen MR) is 58.8 cm³/mol. The van der Waals surface area contributed by atoms with Crippen LogP contribution in [0.1, 0.15) is 25.7 Å². The van der Waals surface area contributed by atoms with Gasteiger partial charge in [0.25, 0.3) is 0 Å². The number of hydrogen-bond acceptors (Lipinski definition) is 4. The van der Waals surface area contributed by atoms with Crippen LogP contribution in [0, 0.1) is 0 Å². The smallest absolute Gasteiger partial charge is 0.303 e. The quantitative estimate of drug-likeness (QED) is 0.581. The number of unbranched alkanes of at least 4 members (excludes halogenated alkanes) is 2. The summed E-state index contributed by atoms with van der Waals surface area (Å²) in [4.78, 5) is 21.2. The molecular weight excluding hydrogens is 234 g/mol. The van der Waals surface area contributed by atoms with Gasteiger partial charge in [0.15, 0.2) is 9.84 Å². The molecule has 1 amide bonds. The van der Waals surface area contributed by atoms with Crippen LogP contribution in [-0.4, -0.2) is 44.0 Å². The summed E-state index contributed by atoms with van der Waals surface area (Å²) in [6, 6.07) is 0. The molecular formula is C9H17NO5S. The summed E-state index contributed by atoms with van der Waals surface area (Å²) < 4.78 is 21.5. The maximum Gasteiger partial charge on any atom is 0.303 e. The summed E-state index contributed by atoms with van der Waals surface area (Å²) in [5, 5.41) is 10.8. The third-order valence-corrected chi connectivity index (χ3v) is 2.57. The fourth-order valence-electron chi connectivity index (χ4n) is 1.09. The van der Waals surface area contributed by atoms with E-state index in [1.54, 1.807) is 0 Å². The summed E-state index contributed by atoms with van der Waals surface area (Å²) in [7, 11) is -3.27. The van der Waals surface area contributed by atoms with Gasteiger partial charge in [-0.2, -0.15) is 0 Å². The average Bonchev–Trinajstić information content (AvgIpc) is 2.07. The van der Waals surface area contributed by atoms with Crippen molar-refractivity contribution in [2.75, 3.05) is 18.6 Å². The molecule has 0 aliphatic rings. The van der Waals surface area contributed by atoms with Crippen LogP contribution in [0.5, 0.6) is 0 Å². The summed E-state index contributed by atoms with van der Waals surface area (Å²) in [6.45, 7) is 0.383. The van der Waals surface area contributed by atoms with Crippen LogP contribution in [0.4, 0.5) is 0 Å². The summed E-state index contributed by atoms with van der Waals surface area (Å²) >= 11 is 0. The van der Waals surface area contributed by atoms with E-state index in [2.05, 4.69) is 5.32 Å². The second kappa shape index (κ2) is 7.21. The first kappa shape index (κ1) is 14.9. The van der Waals surface area contributed by atoms with Crippen LogP contribution >= 0.6 is 0 Å². The minimum atomic E-state index is -3.27. The van der Waals surface area contributed by atoms with Crippen LogP contribution in [-0.2, 0) is 19.4 Å². The third kappa shape index (κ3) is 11.0. The van der Waals surface area contributed by atoms with Gasteiger partial charge in [0, 0.05) is 19.2 Å². The SMILES string of the molecule is CS(=O)(=O)CC(=O)NCCCCCC(=O)O. The van der Waals surface area contributed by atoms with E-state index >= 15 is 0 Å². The van der Waals surface area contributed by atoms with Gasteiger partial charge >= 0.3 is 5.97 Å². The Labute approximate surface area is 95.0 Å². The highest BCUT2D eigenvalue weighted by Crippen LogP contribution is 1.98. The molecule has 0 bridgehead atoms. The lowest BCUT2D eigenvalue weighted by atomic mass is 10.2. The van der Waals surface area contributed by atoms with Crippen LogP contribution < -0.4 is 5.32 Å². The number of carboxylic acid groups (broad SMARTS) is 1. The summed E-state index contributed by atoms with van der Waals surface area (Å²) in [6.07, 6.45) is 3.04. The molecule has 0 aromatic heterocycles. The topological polar surface area (TPSA) is 101 Å². The van der Waals surface area contributed by atoms with E-state index in [1.165, 1.54) is 0 Å². The van der Waals surface area contributed by atoms with E-state index in [0.717, 1.165) is 6.26 Å². The van der Waals surface area contributed by atoms with Crippen molar-refractivity contribution in [2.24, 2.45) is 0 Å². The fraction of sp³-hybridized carbons (Fsp3) is 0.778. The summed E-state index contributed by atoms with van der Waals surface area (Å²) in [5.74, 6) is -1.84. The maximum atomic E-state index is 11.0. The molecule has 0 fully saturated rings. The zero-order valence-corrected chi connectivity index (χ0v) is 10.0. The first-order chi connectivity index (χ1) is 7.31. The predicted octanol–water partition coefficient (Wildman–Crippen LogP) is -0.208. The summed E-state index contributed by atoms with van der Waals surface area (Å²) in [5.41, 5.74) is 0. The minimum absolute atomic E-state index is 0.122. The Balaban J connectivity index is 3.45. The van der Waals surface area contributed by atoms with E-state index in [4.69, 9.17) is 5.11 Å². The molecule has 0 saturated carbocycles. The van der Waals surface area contributed by atoms with E-state index in [1.807, 2.05) is 0 Å². The second-order valence-electron chi connectivity index (χ2n) is 3.62. The number of nitrogens with one attached hydrogen (secondary N) is 1. The number of rotatable bonds is 8. The minimum Gasteiger partial charge on any atom is -0.481 e. The van der Waals surface area contributed by atoms with Crippen LogP contribution in [0.2, 0.25) is 0 Å². The van der Waals surface area contributed by atoms with Gasteiger partial charge in [0.05, 0.1) is 0 Å². The lowest BCUT2D eigenvalue weighted by molar-refractivity contribution is -0.137. The first-order valence-corrected chi connectivity index (χ1v) is 7.03. The Hall–Kier alpha value is -1.11. The Morgan fingerprint density at radius 3 is 2.31 bits per heavy atom. The lowest BCUT2D eigenvalue weighted by Gasteiger charge is -2.03. The van der Waals surface area contributed by atoms with Gasteiger partial charge in [-0.3, -0.25) is 9.59 Å². The number of hydrogen-bond donors (Lipinski definition) is 2. The van der Waals surface area contributed by atoms with Crippen molar-refractivity contribution in [3.63, 3.8) is 0 Å². The van der Waals surface area contributed by atoms with Gasteiger partial charge < -0.3 is 10.4 Å². The molecule has 0 aliphatic carbocycles. The third-order valence-electron chi connectivity index (χ3n) is 1.78. The van der Waals surface area contributed by atoms with Crippen molar-refractivity contribution in [1.29, 1.82) is 0 Å². The molecule has 0 spiro atoms. The van der Waals surface area contributed by atoms with Gasteiger partial charge in [-0.25, -0.2) is 8.42 Å². The molecule has 6 nitrogen and oxygen atoms in total. The molecule has 94 valence electrons. The van der Waals surface area contributed by atoms with Gasteiger partial charge in [0.2, 0.25) is 5.91 Å². The highest BCUT2D eigenvalue weighted by atomic mass is 32.2. The van der Waals surface area contributed by atoms with Crippen LogP contribution in [0.25, 0.3) is 0 Å². The molecule has 0 aromatic rings. The first-order valence-electron chi connectivity index (χ1n) is 4.97. The molecule has 0 atom stereocenters. The zero-order valence-electron chi connectivity index (χ0n) is 9.23. The molecule has 0 aliphatic heterocycles. The standard InChI is InChI=1S/C9H17NO5S/c1-16(14,15)7-8(11)10-6-4-2-3-5-9(12)13/h2-7H2,1H3,(H,10,11)(H,12,13). The Kier molecular flexibility index (Phi) is 6.71. The van der Waals surface area contributed by atoms with Gasteiger partial charge in [-0.15, -0.1) is 0 Å². The molecule has 0 unspecified atom stereocenters. The van der Waals surface area contributed by atoms with E-state index in [0.29, 0.717) is 25.8 Å². The van der Waals surface area contributed by atoms with Gasteiger partial charge in [-0.1, -0.05) is 6.42 Å². The van der Waals surface area contributed by atoms with Crippen LogP contribution in [0.3, 0.4) is 0 Å². The van der Waals surface area contributed by atoms with Crippen molar-refractivity contribution >= 4 is 21.7 Å². The zero-order chi connectivity index (χ0) is 12.6. The maximum absolute atomic E-state index is 11.0. The molecule has 0 saturated heterocycles.